The highest BCUT2D eigenvalue weighted by atomic mass is 16.1. The molecule has 1 aromatic rings. The van der Waals surface area contributed by atoms with E-state index in [1.807, 2.05) is 6.20 Å². The van der Waals surface area contributed by atoms with Crippen molar-refractivity contribution in [3.8, 4) is 0 Å². The van der Waals surface area contributed by atoms with E-state index in [0.717, 1.165) is 26.2 Å². The molecule has 102 valence electrons. The van der Waals surface area contributed by atoms with Gasteiger partial charge in [-0.25, -0.2) is 4.79 Å². The average molecular weight is 252 g/mol. The van der Waals surface area contributed by atoms with E-state index in [-0.39, 0.29) is 5.69 Å². The normalized spacial score (nSPS) is 22.3. The van der Waals surface area contributed by atoms with Gasteiger partial charge in [0, 0.05) is 31.5 Å². The second kappa shape index (κ2) is 6.20. The number of rotatable bonds is 4. The molecule has 2 heterocycles. The highest BCUT2D eigenvalue weighted by Gasteiger charge is 2.18. The maximum atomic E-state index is 11.4. The molecule has 18 heavy (non-hydrogen) atoms. The van der Waals surface area contributed by atoms with Crippen molar-refractivity contribution < 1.29 is 0 Å². The van der Waals surface area contributed by atoms with Gasteiger partial charge in [-0.05, 0) is 46.4 Å². The Kier molecular flexibility index (Phi) is 4.60. The quantitative estimate of drug-likeness (QED) is 0.853. The van der Waals surface area contributed by atoms with E-state index in [4.69, 9.17) is 0 Å². The van der Waals surface area contributed by atoms with Crippen LogP contribution >= 0.6 is 0 Å². The Labute approximate surface area is 108 Å². The molecule has 1 aliphatic heterocycles. The molecule has 0 amide bonds. The molecule has 5 heteroatoms. The van der Waals surface area contributed by atoms with Gasteiger partial charge in [0.15, 0.2) is 0 Å². The molecule has 0 radical (unpaired) electrons. The maximum Gasteiger partial charge on any atom is 0.325 e. The summed E-state index contributed by atoms with van der Waals surface area (Å²) in [6, 6.07) is 0.713. The summed E-state index contributed by atoms with van der Waals surface area (Å²) in [6.07, 6.45) is 7.29. The Balaban J connectivity index is 1.80. The standard InChI is InChI=1S/C13H24N4O/c1-15(2)12-4-3-7-16(8-5-12)10-11-17-9-6-14-13(17)18/h6,9,12H,3-5,7-8,10-11H2,1-2H3,(H,14,18). The molecule has 5 nitrogen and oxygen atoms in total. The van der Waals surface area contributed by atoms with Gasteiger partial charge in [0.1, 0.15) is 0 Å². The van der Waals surface area contributed by atoms with Gasteiger partial charge in [-0.2, -0.15) is 0 Å². The van der Waals surface area contributed by atoms with Crippen molar-refractivity contribution in [2.24, 2.45) is 0 Å². The van der Waals surface area contributed by atoms with Crippen LogP contribution in [0.5, 0.6) is 0 Å². The smallest absolute Gasteiger partial charge is 0.313 e. The molecule has 1 atom stereocenters. The fraction of sp³-hybridized carbons (Fsp3) is 0.769. The molecule has 1 N–H and O–H groups in total. The zero-order chi connectivity index (χ0) is 13.0. The first-order chi connectivity index (χ1) is 8.66. The molecule has 0 bridgehead atoms. The highest BCUT2D eigenvalue weighted by Crippen LogP contribution is 2.14. The molecule has 2 rings (SSSR count). The second-order valence-corrected chi connectivity index (χ2v) is 5.35. The second-order valence-electron chi connectivity index (χ2n) is 5.35. The largest absolute Gasteiger partial charge is 0.325 e. The molecule has 1 aliphatic rings. The van der Waals surface area contributed by atoms with E-state index in [2.05, 4.69) is 28.9 Å². The molecule has 0 saturated carbocycles. The van der Waals surface area contributed by atoms with Crippen LogP contribution in [0.1, 0.15) is 19.3 Å². The van der Waals surface area contributed by atoms with Crippen LogP contribution < -0.4 is 5.69 Å². The molecular formula is C13H24N4O. The Hall–Kier alpha value is -1.07. The van der Waals surface area contributed by atoms with E-state index >= 15 is 0 Å². The molecule has 1 saturated heterocycles. The number of likely N-dealkylation sites (tertiary alicyclic amines) is 1. The predicted molar refractivity (Wildman–Crippen MR) is 72.8 cm³/mol. The van der Waals surface area contributed by atoms with Gasteiger partial charge >= 0.3 is 5.69 Å². The summed E-state index contributed by atoms with van der Waals surface area (Å²) in [5, 5.41) is 0. The number of aromatic amines is 1. The Morgan fingerprint density at radius 2 is 2.17 bits per heavy atom. The van der Waals surface area contributed by atoms with Gasteiger partial charge < -0.3 is 14.8 Å². The van der Waals surface area contributed by atoms with E-state index in [9.17, 15) is 4.79 Å². The van der Waals surface area contributed by atoms with E-state index in [1.54, 1.807) is 10.8 Å². The van der Waals surface area contributed by atoms with Crippen LogP contribution in [0, 0.1) is 0 Å². The number of aromatic nitrogens is 2. The summed E-state index contributed by atoms with van der Waals surface area (Å²) in [5.41, 5.74) is -0.00371. The zero-order valence-electron chi connectivity index (χ0n) is 11.4. The molecule has 1 unspecified atom stereocenters. The minimum Gasteiger partial charge on any atom is -0.313 e. The topological polar surface area (TPSA) is 44.3 Å². The van der Waals surface area contributed by atoms with Crippen LogP contribution in [-0.4, -0.2) is 59.1 Å². The van der Waals surface area contributed by atoms with Crippen molar-refractivity contribution >= 4 is 0 Å². The number of hydrogen-bond acceptors (Lipinski definition) is 3. The first-order valence-electron chi connectivity index (χ1n) is 6.79. The summed E-state index contributed by atoms with van der Waals surface area (Å²) in [6.45, 7) is 4.05. The fourth-order valence-electron chi connectivity index (χ4n) is 2.65. The number of nitrogens with one attached hydrogen (secondary N) is 1. The van der Waals surface area contributed by atoms with Crippen molar-refractivity contribution in [2.75, 3.05) is 33.7 Å². The summed E-state index contributed by atoms with van der Waals surface area (Å²) < 4.78 is 1.74. The lowest BCUT2D eigenvalue weighted by Gasteiger charge is -2.23. The van der Waals surface area contributed by atoms with Crippen molar-refractivity contribution in [3.63, 3.8) is 0 Å². The average Bonchev–Trinajstić information content (AvgIpc) is 2.62. The number of imidazole rings is 1. The van der Waals surface area contributed by atoms with Gasteiger partial charge in [0.2, 0.25) is 0 Å². The lowest BCUT2D eigenvalue weighted by Crippen LogP contribution is -2.32. The summed E-state index contributed by atoms with van der Waals surface area (Å²) in [7, 11) is 4.33. The monoisotopic (exact) mass is 252 g/mol. The third kappa shape index (κ3) is 3.46. The molecule has 1 fully saturated rings. The van der Waals surface area contributed by atoms with E-state index in [1.165, 1.54) is 19.3 Å². The number of hydrogen-bond donors (Lipinski definition) is 1. The Morgan fingerprint density at radius 3 is 2.83 bits per heavy atom. The molecule has 0 aromatic carbocycles. The summed E-state index contributed by atoms with van der Waals surface area (Å²) in [4.78, 5) is 18.9. The molecule has 1 aromatic heterocycles. The minimum atomic E-state index is -0.00371. The number of H-pyrrole nitrogens is 1. The van der Waals surface area contributed by atoms with Crippen LogP contribution in [0.15, 0.2) is 17.2 Å². The Bertz CT molecular complexity index is 409. The van der Waals surface area contributed by atoms with Gasteiger partial charge in [-0.15, -0.1) is 0 Å². The van der Waals surface area contributed by atoms with Crippen LogP contribution in [-0.2, 0) is 6.54 Å². The lowest BCUT2D eigenvalue weighted by atomic mass is 10.1. The minimum absolute atomic E-state index is 0.00371. The van der Waals surface area contributed by atoms with Crippen LogP contribution in [0.25, 0.3) is 0 Å². The lowest BCUT2D eigenvalue weighted by molar-refractivity contribution is 0.244. The Morgan fingerprint density at radius 1 is 1.33 bits per heavy atom. The van der Waals surface area contributed by atoms with Crippen molar-refractivity contribution in [3.05, 3.63) is 22.9 Å². The van der Waals surface area contributed by atoms with Crippen LogP contribution in [0.4, 0.5) is 0 Å². The van der Waals surface area contributed by atoms with Gasteiger partial charge in [0.25, 0.3) is 0 Å². The van der Waals surface area contributed by atoms with Crippen molar-refractivity contribution in [1.82, 2.24) is 19.4 Å². The number of nitrogens with zero attached hydrogens (tertiary/aromatic N) is 3. The summed E-state index contributed by atoms with van der Waals surface area (Å²) in [5.74, 6) is 0. The van der Waals surface area contributed by atoms with Crippen LogP contribution in [0.3, 0.4) is 0 Å². The van der Waals surface area contributed by atoms with E-state index in [0.29, 0.717) is 6.04 Å². The van der Waals surface area contributed by atoms with Gasteiger partial charge in [-0.3, -0.25) is 4.57 Å². The third-order valence-corrected chi connectivity index (χ3v) is 3.90. The summed E-state index contributed by atoms with van der Waals surface area (Å²) >= 11 is 0. The van der Waals surface area contributed by atoms with Crippen molar-refractivity contribution in [1.29, 1.82) is 0 Å². The molecular weight excluding hydrogens is 228 g/mol. The van der Waals surface area contributed by atoms with Gasteiger partial charge in [0.05, 0.1) is 0 Å². The zero-order valence-corrected chi connectivity index (χ0v) is 11.4. The third-order valence-electron chi connectivity index (χ3n) is 3.90. The van der Waals surface area contributed by atoms with Crippen molar-refractivity contribution in [2.45, 2.75) is 31.8 Å². The maximum absolute atomic E-state index is 11.4. The highest BCUT2D eigenvalue weighted by molar-refractivity contribution is 4.78. The molecule has 0 spiro atoms. The fourth-order valence-corrected chi connectivity index (χ4v) is 2.65. The van der Waals surface area contributed by atoms with E-state index < -0.39 is 0 Å². The van der Waals surface area contributed by atoms with Crippen LogP contribution in [0.2, 0.25) is 0 Å². The SMILES string of the molecule is CN(C)C1CCCN(CCn2cc[nH]c2=O)CC1. The predicted octanol–water partition coefficient (Wildman–Crippen LogP) is 0.592. The molecule has 0 aliphatic carbocycles. The van der Waals surface area contributed by atoms with Gasteiger partial charge in [-0.1, -0.05) is 0 Å². The first-order valence-corrected chi connectivity index (χ1v) is 6.79. The first kappa shape index (κ1) is 13.4.